The van der Waals surface area contributed by atoms with Crippen LogP contribution in [0.15, 0.2) is 35.3 Å². The minimum atomic E-state index is -4.36. The molecule has 3 rings (SSSR count). The molecule has 0 radical (unpaired) electrons. The molecular formula is C13H12N2O6PS+. The predicted octanol–water partition coefficient (Wildman–Crippen LogP) is 1.21. The van der Waals surface area contributed by atoms with E-state index in [1.165, 1.54) is 23.9 Å². The van der Waals surface area contributed by atoms with Crippen LogP contribution in [0.1, 0.15) is 5.69 Å². The van der Waals surface area contributed by atoms with Gasteiger partial charge in [0, 0.05) is 11.1 Å². The molecule has 8 nitrogen and oxygen atoms in total. The first-order chi connectivity index (χ1) is 10.8. The molecule has 0 amide bonds. The quantitative estimate of drug-likeness (QED) is 0.602. The third kappa shape index (κ3) is 3.77. The van der Waals surface area contributed by atoms with Gasteiger partial charge in [0.25, 0.3) is 0 Å². The van der Waals surface area contributed by atoms with Crippen molar-refractivity contribution >= 4 is 41.8 Å². The molecule has 1 atom stereocenters. The zero-order chi connectivity index (χ0) is 16.6. The van der Waals surface area contributed by atoms with Crippen LogP contribution in [-0.4, -0.2) is 47.6 Å². The van der Waals surface area contributed by atoms with Gasteiger partial charge in [-0.3, -0.25) is 9.52 Å². The van der Waals surface area contributed by atoms with E-state index in [2.05, 4.69) is 14.5 Å². The van der Waals surface area contributed by atoms with E-state index in [1.54, 1.807) is 18.2 Å². The Morgan fingerprint density at radius 2 is 2.04 bits per heavy atom. The van der Waals surface area contributed by atoms with Crippen LogP contribution in [0.2, 0.25) is 0 Å². The highest BCUT2D eigenvalue weighted by atomic mass is 32.2. The summed E-state index contributed by atoms with van der Waals surface area (Å²) in [5.41, 5.74) is 1.18. The lowest BCUT2D eigenvalue weighted by Crippen LogP contribution is -2.17. The molecule has 0 saturated heterocycles. The smallest absolute Gasteiger partial charge is 0.480 e. The topological polar surface area (TPSA) is 132 Å². The number of rotatable bonds is 4. The van der Waals surface area contributed by atoms with Crippen molar-refractivity contribution in [3.63, 3.8) is 0 Å². The zero-order valence-corrected chi connectivity index (χ0v) is 13.2. The summed E-state index contributed by atoms with van der Waals surface area (Å²) in [4.78, 5) is 46.2. The van der Waals surface area contributed by atoms with Gasteiger partial charge in [0.15, 0.2) is 11.8 Å². The number of pyridine rings is 1. The number of aliphatic carboxylic acids is 1. The molecule has 1 aromatic heterocycles. The number of hydrogen-bond acceptors (Lipinski definition) is 8. The van der Waals surface area contributed by atoms with Crippen LogP contribution in [0.4, 0.5) is 0 Å². The van der Waals surface area contributed by atoms with Gasteiger partial charge in [-0.05, 0) is 24.3 Å². The number of aromatic nitrogens is 1. The lowest BCUT2D eigenvalue weighted by atomic mass is 10.2. The highest BCUT2D eigenvalue weighted by Gasteiger charge is 2.34. The molecule has 0 bridgehead atoms. The molecule has 0 spiro atoms. The molecule has 1 aliphatic heterocycles. The highest BCUT2D eigenvalue weighted by Crippen LogP contribution is 2.46. The van der Waals surface area contributed by atoms with E-state index in [1.807, 2.05) is 0 Å². The second kappa shape index (κ2) is 6.03. The molecule has 1 aliphatic rings. The number of carbonyl (C=O) groups is 1. The maximum absolute atomic E-state index is 10.9. The van der Waals surface area contributed by atoms with Gasteiger partial charge in [-0.1, -0.05) is 6.07 Å². The molecule has 120 valence electrons. The fourth-order valence-corrected chi connectivity index (χ4v) is 3.45. The first kappa shape index (κ1) is 16.1. The third-order valence-corrected chi connectivity index (χ3v) is 4.57. The molecule has 23 heavy (non-hydrogen) atoms. The predicted molar refractivity (Wildman–Crippen MR) is 86.4 cm³/mol. The minimum absolute atomic E-state index is 0.103. The Bertz CT molecular complexity index is 807. The van der Waals surface area contributed by atoms with Gasteiger partial charge in [0.05, 0.1) is 11.2 Å². The molecule has 1 unspecified atom stereocenters. The van der Waals surface area contributed by atoms with Crippen molar-refractivity contribution in [1.29, 1.82) is 0 Å². The molecule has 4 N–H and O–H groups in total. The number of fused-ring (bicyclic) bond motifs is 1. The van der Waals surface area contributed by atoms with Crippen molar-refractivity contribution in [2.45, 2.75) is 6.04 Å². The van der Waals surface area contributed by atoms with Crippen LogP contribution in [0, 0.1) is 0 Å². The van der Waals surface area contributed by atoms with Crippen LogP contribution in [0.25, 0.3) is 10.9 Å². The van der Waals surface area contributed by atoms with Crippen LogP contribution in [-0.2, 0) is 4.79 Å². The fourth-order valence-electron chi connectivity index (χ4n) is 2.06. The fraction of sp³-hybridized carbons (Fsp3) is 0.154. The van der Waals surface area contributed by atoms with E-state index in [0.717, 1.165) is 0 Å². The maximum Gasteiger partial charge on any atom is 0.613 e. The SMILES string of the molecule is O=C(O)C1CSC(c2ccc3cc(O[P+](O)(O)O)ccc3n2)=N1. The van der Waals surface area contributed by atoms with Crippen LogP contribution in [0.3, 0.4) is 0 Å². The number of benzene rings is 1. The summed E-state index contributed by atoms with van der Waals surface area (Å²) in [5, 5.41) is 10.2. The number of nitrogens with zero attached hydrogens (tertiary/aromatic N) is 2. The Kier molecular flexibility index (Phi) is 4.22. The summed E-state index contributed by atoms with van der Waals surface area (Å²) in [6.07, 6.45) is 0. The summed E-state index contributed by atoms with van der Waals surface area (Å²) < 4.78 is 4.64. The summed E-state index contributed by atoms with van der Waals surface area (Å²) in [5.74, 6) is -0.475. The molecule has 2 heterocycles. The van der Waals surface area contributed by atoms with Gasteiger partial charge in [-0.15, -0.1) is 11.8 Å². The number of aliphatic imine (C=N–C) groups is 1. The van der Waals surface area contributed by atoms with E-state index in [-0.39, 0.29) is 5.75 Å². The van der Waals surface area contributed by atoms with Crippen molar-refractivity contribution < 1.29 is 29.1 Å². The third-order valence-electron chi connectivity index (χ3n) is 3.04. The van der Waals surface area contributed by atoms with E-state index in [0.29, 0.717) is 27.4 Å². The van der Waals surface area contributed by atoms with Gasteiger partial charge in [-0.2, -0.15) is 14.7 Å². The molecule has 10 heteroatoms. The second-order valence-corrected chi connectivity index (χ2v) is 6.97. The number of carboxylic acid groups (broad SMARTS) is 1. The molecule has 0 saturated carbocycles. The number of thioether (sulfide) groups is 1. The summed E-state index contributed by atoms with van der Waals surface area (Å²) in [6.45, 7) is 0. The summed E-state index contributed by atoms with van der Waals surface area (Å²) in [6, 6.07) is 7.22. The largest absolute Gasteiger partial charge is 0.613 e. The average Bonchev–Trinajstić information content (AvgIpc) is 2.95. The Balaban J connectivity index is 1.90. The lowest BCUT2D eigenvalue weighted by molar-refractivity contribution is -0.137. The monoisotopic (exact) mass is 355 g/mol. The van der Waals surface area contributed by atoms with E-state index in [4.69, 9.17) is 19.8 Å². The molecule has 1 aromatic carbocycles. The average molecular weight is 355 g/mol. The van der Waals surface area contributed by atoms with E-state index < -0.39 is 20.2 Å². The van der Waals surface area contributed by atoms with Crippen LogP contribution >= 0.6 is 19.9 Å². The highest BCUT2D eigenvalue weighted by molar-refractivity contribution is 8.14. The Morgan fingerprint density at radius 1 is 1.26 bits per heavy atom. The maximum atomic E-state index is 10.9. The zero-order valence-electron chi connectivity index (χ0n) is 11.5. The Hall–Kier alpha value is -1.77. The Morgan fingerprint density at radius 3 is 2.70 bits per heavy atom. The van der Waals surface area contributed by atoms with Crippen molar-refractivity contribution in [1.82, 2.24) is 4.98 Å². The van der Waals surface area contributed by atoms with Crippen LogP contribution in [0.5, 0.6) is 5.75 Å². The molecule has 0 fully saturated rings. The lowest BCUT2D eigenvalue weighted by Gasteiger charge is -2.06. The first-order valence-electron chi connectivity index (χ1n) is 6.43. The summed E-state index contributed by atoms with van der Waals surface area (Å²) in [7, 11) is -4.36. The minimum Gasteiger partial charge on any atom is -0.480 e. The molecular weight excluding hydrogens is 343 g/mol. The van der Waals surface area contributed by atoms with Gasteiger partial charge < -0.3 is 5.11 Å². The summed E-state index contributed by atoms with van der Waals surface area (Å²) >= 11 is 1.34. The van der Waals surface area contributed by atoms with E-state index >= 15 is 0 Å². The van der Waals surface area contributed by atoms with Gasteiger partial charge >= 0.3 is 14.1 Å². The van der Waals surface area contributed by atoms with Crippen molar-refractivity contribution in [3.05, 3.63) is 36.0 Å². The Labute approximate surface area is 135 Å². The molecule has 2 aromatic rings. The molecule has 0 aliphatic carbocycles. The second-order valence-electron chi connectivity index (χ2n) is 4.75. The first-order valence-corrected chi connectivity index (χ1v) is 8.98. The van der Waals surface area contributed by atoms with Crippen molar-refractivity contribution in [3.8, 4) is 5.75 Å². The van der Waals surface area contributed by atoms with Gasteiger partial charge in [0.2, 0.25) is 0 Å². The van der Waals surface area contributed by atoms with Gasteiger partial charge in [0.1, 0.15) is 5.04 Å². The van der Waals surface area contributed by atoms with E-state index in [9.17, 15) is 4.79 Å². The normalized spacial score (nSPS) is 18.0. The standard InChI is InChI=1S/C13H11N2O6PS/c16-13(17)11-6-23-12(15-11)10-3-1-7-5-8(21-22(18,19)20)2-4-9(7)14-10/h1-5,11,18-20H,6H2/p+1. The van der Waals surface area contributed by atoms with Gasteiger partial charge in [-0.25, -0.2) is 9.78 Å². The van der Waals surface area contributed by atoms with Crippen molar-refractivity contribution in [2.24, 2.45) is 4.99 Å². The van der Waals surface area contributed by atoms with Crippen LogP contribution < -0.4 is 4.52 Å². The van der Waals surface area contributed by atoms with Crippen molar-refractivity contribution in [2.75, 3.05) is 5.75 Å². The number of carboxylic acids is 1. The number of hydrogen-bond donors (Lipinski definition) is 4.